The fourth-order valence-electron chi connectivity index (χ4n) is 1.44. The van der Waals surface area contributed by atoms with Crippen LogP contribution in [0.25, 0.3) is 0 Å². The fourth-order valence-corrected chi connectivity index (χ4v) is 3.41. The van der Waals surface area contributed by atoms with E-state index in [4.69, 9.17) is 0 Å². The van der Waals surface area contributed by atoms with Crippen molar-refractivity contribution in [1.82, 2.24) is 4.72 Å². The van der Waals surface area contributed by atoms with Crippen molar-refractivity contribution in [2.45, 2.75) is 36.8 Å². The first-order valence-corrected chi connectivity index (χ1v) is 8.85. The minimum absolute atomic E-state index is 0.0298. The standard InChI is InChI=1S/C13H18F3NO3S2/c1-12(2,3)21-9-8-17-22(18,19)11-6-4-10(5-7-11)20-13(14,15)16/h4-7,17H,8-9H2,1-3H3. The predicted octanol–water partition coefficient (Wildman–Crippen LogP) is 3.40. The van der Waals surface area contributed by atoms with Gasteiger partial charge in [0.2, 0.25) is 10.0 Å². The summed E-state index contributed by atoms with van der Waals surface area (Å²) in [6.45, 7) is 6.30. The number of ether oxygens (including phenoxy) is 1. The Kier molecular flexibility index (Phi) is 6.17. The van der Waals surface area contributed by atoms with E-state index < -0.39 is 22.1 Å². The molecule has 1 aromatic rings. The minimum atomic E-state index is -4.80. The van der Waals surface area contributed by atoms with Crippen LogP contribution in [0.15, 0.2) is 29.2 Å². The summed E-state index contributed by atoms with van der Waals surface area (Å²) >= 11 is 1.61. The third-order valence-corrected chi connectivity index (χ3v) is 5.05. The topological polar surface area (TPSA) is 55.4 Å². The normalized spacial score (nSPS) is 13.2. The van der Waals surface area contributed by atoms with Gasteiger partial charge < -0.3 is 4.74 Å². The summed E-state index contributed by atoms with van der Waals surface area (Å²) in [6.07, 6.45) is -4.80. The lowest BCUT2D eigenvalue weighted by molar-refractivity contribution is -0.274. The molecule has 0 aliphatic rings. The Balaban J connectivity index is 2.62. The van der Waals surface area contributed by atoms with Crippen LogP contribution < -0.4 is 9.46 Å². The molecule has 0 bridgehead atoms. The molecule has 9 heteroatoms. The lowest BCUT2D eigenvalue weighted by Gasteiger charge is -2.17. The summed E-state index contributed by atoms with van der Waals surface area (Å²) in [4.78, 5) is -0.109. The van der Waals surface area contributed by atoms with Gasteiger partial charge in [0, 0.05) is 17.0 Å². The highest BCUT2D eigenvalue weighted by atomic mass is 32.2. The monoisotopic (exact) mass is 357 g/mol. The van der Waals surface area contributed by atoms with Gasteiger partial charge in [-0.3, -0.25) is 0 Å². The van der Waals surface area contributed by atoms with Crippen molar-refractivity contribution in [3.63, 3.8) is 0 Å². The predicted molar refractivity (Wildman–Crippen MR) is 80.5 cm³/mol. The highest BCUT2D eigenvalue weighted by molar-refractivity contribution is 8.00. The number of rotatable bonds is 6. The molecule has 126 valence electrons. The molecular formula is C13H18F3NO3S2. The molecule has 0 saturated carbocycles. The van der Waals surface area contributed by atoms with E-state index in [1.807, 2.05) is 20.8 Å². The van der Waals surface area contributed by atoms with Gasteiger partial charge in [-0.25, -0.2) is 13.1 Å². The Labute approximate surface area is 132 Å². The van der Waals surface area contributed by atoms with Crippen molar-refractivity contribution < 1.29 is 26.3 Å². The molecule has 0 spiro atoms. The molecule has 4 nitrogen and oxygen atoms in total. The number of nitrogens with one attached hydrogen (secondary N) is 1. The SMILES string of the molecule is CC(C)(C)SCCNS(=O)(=O)c1ccc(OC(F)(F)F)cc1. The van der Waals surface area contributed by atoms with Gasteiger partial charge in [-0.1, -0.05) is 20.8 Å². The Bertz CT molecular complexity index is 578. The van der Waals surface area contributed by atoms with Gasteiger partial charge in [-0.2, -0.15) is 11.8 Å². The summed E-state index contributed by atoms with van der Waals surface area (Å²) in [5, 5.41) is 0. The summed E-state index contributed by atoms with van der Waals surface area (Å²) in [6, 6.07) is 4.07. The Morgan fingerprint density at radius 3 is 2.14 bits per heavy atom. The molecule has 0 fully saturated rings. The first-order valence-electron chi connectivity index (χ1n) is 6.38. The van der Waals surface area contributed by atoms with Gasteiger partial charge in [0.15, 0.2) is 0 Å². The van der Waals surface area contributed by atoms with E-state index >= 15 is 0 Å². The van der Waals surface area contributed by atoms with Gasteiger partial charge in [0.1, 0.15) is 5.75 Å². The zero-order valence-electron chi connectivity index (χ0n) is 12.4. The first-order chi connectivity index (χ1) is 9.89. The van der Waals surface area contributed by atoms with Crippen molar-refractivity contribution >= 4 is 21.8 Å². The van der Waals surface area contributed by atoms with Crippen molar-refractivity contribution in [3.05, 3.63) is 24.3 Å². The number of hydrogen-bond acceptors (Lipinski definition) is 4. The Hall–Kier alpha value is -0.930. The minimum Gasteiger partial charge on any atom is -0.406 e. The van der Waals surface area contributed by atoms with Crippen LogP contribution >= 0.6 is 11.8 Å². The van der Waals surface area contributed by atoms with E-state index in [9.17, 15) is 21.6 Å². The first kappa shape index (κ1) is 19.1. The zero-order valence-corrected chi connectivity index (χ0v) is 14.0. The number of alkyl halides is 3. The highest BCUT2D eigenvalue weighted by Gasteiger charge is 2.31. The summed E-state index contributed by atoms with van der Waals surface area (Å²) < 4.78 is 66.1. The molecule has 0 aliphatic carbocycles. The molecule has 0 amide bonds. The average molecular weight is 357 g/mol. The maximum Gasteiger partial charge on any atom is 0.573 e. The lowest BCUT2D eigenvalue weighted by Crippen LogP contribution is -2.27. The smallest absolute Gasteiger partial charge is 0.406 e. The number of sulfonamides is 1. The molecule has 1 aromatic carbocycles. The maximum absolute atomic E-state index is 12.0. The van der Waals surface area contributed by atoms with Crippen LogP contribution in [-0.4, -0.2) is 31.8 Å². The Morgan fingerprint density at radius 1 is 1.14 bits per heavy atom. The molecule has 0 saturated heterocycles. The van der Waals surface area contributed by atoms with Crippen molar-refractivity contribution in [3.8, 4) is 5.75 Å². The fraction of sp³-hybridized carbons (Fsp3) is 0.538. The van der Waals surface area contributed by atoms with Gasteiger partial charge in [0.25, 0.3) is 0 Å². The lowest BCUT2D eigenvalue weighted by atomic mass is 10.3. The van der Waals surface area contributed by atoms with Crippen molar-refractivity contribution in [2.24, 2.45) is 0 Å². The quantitative estimate of drug-likeness (QED) is 0.793. The van der Waals surface area contributed by atoms with Gasteiger partial charge in [-0.15, -0.1) is 13.2 Å². The Morgan fingerprint density at radius 2 is 1.68 bits per heavy atom. The summed E-state index contributed by atoms with van der Waals surface area (Å²) in [5.41, 5.74) is 0. The van der Waals surface area contributed by atoms with Crippen LogP contribution in [0.3, 0.4) is 0 Å². The van der Waals surface area contributed by atoms with Gasteiger partial charge >= 0.3 is 6.36 Å². The molecule has 0 heterocycles. The summed E-state index contributed by atoms with van der Waals surface area (Å²) in [7, 11) is -3.74. The van der Waals surface area contributed by atoms with E-state index in [0.29, 0.717) is 5.75 Å². The second-order valence-corrected chi connectivity index (χ2v) is 9.07. The van der Waals surface area contributed by atoms with Crippen LogP contribution in [0.4, 0.5) is 13.2 Å². The third kappa shape index (κ3) is 7.37. The number of halogens is 3. The van der Waals surface area contributed by atoms with E-state index in [2.05, 4.69) is 9.46 Å². The summed E-state index contributed by atoms with van der Waals surface area (Å²) in [5.74, 6) is 0.132. The van der Waals surface area contributed by atoms with Crippen LogP contribution in [0.1, 0.15) is 20.8 Å². The maximum atomic E-state index is 12.0. The third-order valence-electron chi connectivity index (χ3n) is 2.30. The van der Waals surface area contributed by atoms with E-state index in [0.717, 1.165) is 24.3 Å². The van der Waals surface area contributed by atoms with E-state index in [1.165, 1.54) is 0 Å². The number of benzene rings is 1. The van der Waals surface area contributed by atoms with Gasteiger partial charge in [-0.05, 0) is 24.3 Å². The zero-order chi connectivity index (χ0) is 17.0. The van der Waals surface area contributed by atoms with Crippen molar-refractivity contribution in [2.75, 3.05) is 12.3 Å². The van der Waals surface area contributed by atoms with Crippen LogP contribution in [0.5, 0.6) is 5.75 Å². The molecule has 0 aromatic heterocycles. The number of hydrogen-bond donors (Lipinski definition) is 1. The number of thioether (sulfide) groups is 1. The second kappa shape index (κ2) is 7.10. The largest absolute Gasteiger partial charge is 0.573 e. The molecule has 22 heavy (non-hydrogen) atoms. The van der Waals surface area contributed by atoms with Gasteiger partial charge in [0.05, 0.1) is 4.90 Å². The molecule has 0 unspecified atom stereocenters. The van der Waals surface area contributed by atoms with E-state index in [1.54, 1.807) is 11.8 Å². The van der Waals surface area contributed by atoms with Crippen molar-refractivity contribution in [1.29, 1.82) is 0 Å². The van der Waals surface area contributed by atoms with Crippen LogP contribution in [-0.2, 0) is 10.0 Å². The molecule has 1 N–H and O–H groups in total. The molecule has 0 aliphatic heterocycles. The molecule has 0 radical (unpaired) electrons. The second-order valence-electron chi connectivity index (χ2n) is 5.38. The molecular weight excluding hydrogens is 339 g/mol. The average Bonchev–Trinajstić information content (AvgIpc) is 2.32. The molecule has 0 atom stereocenters. The highest BCUT2D eigenvalue weighted by Crippen LogP contribution is 2.24. The van der Waals surface area contributed by atoms with Crippen LogP contribution in [0, 0.1) is 0 Å². The van der Waals surface area contributed by atoms with E-state index in [-0.39, 0.29) is 16.2 Å². The molecule has 1 rings (SSSR count). The van der Waals surface area contributed by atoms with Crippen LogP contribution in [0.2, 0.25) is 0 Å².